The quantitative estimate of drug-likeness (QED) is 0.335. The van der Waals surface area contributed by atoms with Gasteiger partial charge in [-0.3, -0.25) is 4.55 Å². The van der Waals surface area contributed by atoms with Gasteiger partial charge in [-0.2, -0.15) is 8.42 Å². The van der Waals surface area contributed by atoms with Crippen LogP contribution in [0.2, 0.25) is 0 Å². The van der Waals surface area contributed by atoms with E-state index in [2.05, 4.69) is 13.8 Å². The molecule has 2 unspecified atom stereocenters. The van der Waals surface area contributed by atoms with Crippen molar-refractivity contribution >= 4 is 10.1 Å². The van der Waals surface area contributed by atoms with Crippen LogP contribution in [0.4, 0.5) is 0 Å². The van der Waals surface area contributed by atoms with Gasteiger partial charge in [-0.05, 0) is 25.7 Å². The predicted molar refractivity (Wildman–Crippen MR) is 92.7 cm³/mol. The summed E-state index contributed by atoms with van der Waals surface area (Å²) in [4.78, 5) is 0. The number of hydrogen-bond acceptors (Lipinski definition) is 3. The minimum atomic E-state index is -3.99. The van der Waals surface area contributed by atoms with E-state index in [1.807, 2.05) is 0 Å². The molecule has 0 bridgehead atoms. The Labute approximate surface area is 137 Å². The van der Waals surface area contributed by atoms with Crippen molar-refractivity contribution in [1.29, 1.82) is 0 Å². The fraction of sp³-hybridized carbons (Fsp3) is 1.00. The van der Waals surface area contributed by atoms with Crippen molar-refractivity contribution in [3.05, 3.63) is 0 Å². The van der Waals surface area contributed by atoms with Crippen LogP contribution in [-0.4, -0.2) is 29.4 Å². The average molecular weight is 337 g/mol. The molecule has 0 fully saturated rings. The van der Waals surface area contributed by atoms with E-state index in [1.165, 1.54) is 25.7 Å². The van der Waals surface area contributed by atoms with Crippen LogP contribution in [0.25, 0.3) is 0 Å². The zero-order chi connectivity index (χ0) is 16.8. The molecule has 0 saturated heterocycles. The highest BCUT2D eigenvalue weighted by molar-refractivity contribution is 7.86. The number of aliphatic hydroxyl groups is 1. The highest BCUT2D eigenvalue weighted by Gasteiger charge is 2.23. The van der Waals surface area contributed by atoms with Crippen molar-refractivity contribution in [2.75, 3.05) is 0 Å². The topological polar surface area (TPSA) is 74.6 Å². The molecule has 5 heteroatoms. The Balaban J connectivity index is 3.95. The highest BCUT2D eigenvalue weighted by atomic mass is 32.2. The molecule has 22 heavy (non-hydrogen) atoms. The third-order valence-corrected chi connectivity index (χ3v) is 5.58. The van der Waals surface area contributed by atoms with E-state index in [4.69, 9.17) is 0 Å². The van der Waals surface area contributed by atoms with Crippen molar-refractivity contribution in [3.8, 4) is 0 Å². The van der Waals surface area contributed by atoms with Crippen LogP contribution >= 0.6 is 0 Å². The summed E-state index contributed by atoms with van der Waals surface area (Å²) in [6.45, 7) is 4.25. The summed E-state index contributed by atoms with van der Waals surface area (Å²) in [5.74, 6) is 0. The molecule has 0 aliphatic rings. The molecule has 0 saturated carbocycles. The van der Waals surface area contributed by atoms with Crippen molar-refractivity contribution in [3.63, 3.8) is 0 Å². The zero-order valence-corrected chi connectivity index (χ0v) is 15.3. The maximum Gasteiger partial charge on any atom is 0.267 e. The second kappa shape index (κ2) is 13.3. The van der Waals surface area contributed by atoms with Crippen LogP contribution in [0.15, 0.2) is 0 Å². The molecule has 0 amide bonds. The maximum atomic E-state index is 11.4. The molecule has 2 N–H and O–H groups in total. The third kappa shape index (κ3) is 12.4. The summed E-state index contributed by atoms with van der Waals surface area (Å²) in [5, 5.41) is 9.10. The van der Waals surface area contributed by atoms with Gasteiger partial charge in [-0.15, -0.1) is 0 Å². The van der Waals surface area contributed by atoms with E-state index < -0.39 is 21.5 Å². The lowest BCUT2D eigenvalue weighted by Gasteiger charge is -2.16. The second-order valence-electron chi connectivity index (χ2n) is 6.42. The second-order valence-corrected chi connectivity index (χ2v) is 8.12. The van der Waals surface area contributed by atoms with E-state index in [9.17, 15) is 18.1 Å². The van der Waals surface area contributed by atoms with Gasteiger partial charge in [0.05, 0.1) is 11.4 Å². The van der Waals surface area contributed by atoms with Crippen LogP contribution in [0.3, 0.4) is 0 Å². The summed E-state index contributed by atoms with van der Waals surface area (Å²) in [5.41, 5.74) is 0. The van der Waals surface area contributed by atoms with Gasteiger partial charge >= 0.3 is 0 Å². The normalized spacial score (nSPS) is 14.9. The van der Waals surface area contributed by atoms with Gasteiger partial charge in [0.15, 0.2) is 0 Å². The van der Waals surface area contributed by atoms with Gasteiger partial charge in [0.2, 0.25) is 0 Å². The molecular weight excluding hydrogens is 300 g/mol. The van der Waals surface area contributed by atoms with Crippen LogP contribution in [0.5, 0.6) is 0 Å². The molecule has 0 aromatic carbocycles. The van der Waals surface area contributed by atoms with Gasteiger partial charge in [0, 0.05) is 0 Å². The van der Waals surface area contributed by atoms with Crippen molar-refractivity contribution in [2.24, 2.45) is 0 Å². The summed E-state index contributed by atoms with van der Waals surface area (Å²) in [7, 11) is -3.99. The average Bonchev–Trinajstić information content (AvgIpc) is 2.45. The number of hydrogen-bond donors (Lipinski definition) is 2. The summed E-state index contributed by atoms with van der Waals surface area (Å²) in [6, 6.07) is 0. The molecule has 0 heterocycles. The molecule has 0 spiro atoms. The Morgan fingerprint density at radius 1 is 0.727 bits per heavy atom. The third-order valence-electron chi connectivity index (χ3n) is 4.26. The predicted octanol–water partition coefficient (Wildman–Crippen LogP) is 4.71. The van der Waals surface area contributed by atoms with E-state index >= 15 is 0 Å². The first kappa shape index (κ1) is 21.9. The molecule has 2 atom stereocenters. The Bertz CT molecular complexity index is 341. The molecule has 0 aliphatic carbocycles. The summed E-state index contributed by atoms with van der Waals surface area (Å²) < 4.78 is 32.2. The first-order chi connectivity index (χ1) is 10.4. The molecule has 0 aliphatic heterocycles. The smallest absolute Gasteiger partial charge is 0.267 e. The highest BCUT2D eigenvalue weighted by Crippen LogP contribution is 2.19. The largest absolute Gasteiger partial charge is 0.393 e. The van der Waals surface area contributed by atoms with Crippen LogP contribution in [0.1, 0.15) is 97.3 Å². The SMILES string of the molecule is CCCCCCCCCC(CCC(O)CCCC)S(=O)(=O)O. The first-order valence-corrected chi connectivity index (χ1v) is 10.6. The fourth-order valence-corrected chi connectivity index (χ4v) is 3.63. The van der Waals surface area contributed by atoms with Crippen LogP contribution in [-0.2, 0) is 10.1 Å². The van der Waals surface area contributed by atoms with Gasteiger partial charge in [-0.25, -0.2) is 0 Å². The number of aliphatic hydroxyl groups excluding tert-OH is 1. The molecule has 0 aromatic rings. The Kier molecular flexibility index (Phi) is 13.2. The van der Waals surface area contributed by atoms with Gasteiger partial charge < -0.3 is 5.11 Å². The van der Waals surface area contributed by atoms with Crippen LogP contribution < -0.4 is 0 Å². The first-order valence-electron chi connectivity index (χ1n) is 9.06. The molecule has 0 rings (SSSR count). The Morgan fingerprint density at radius 3 is 1.82 bits per heavy atom. The minimum absolute atomic E-state index is 0.361. The van der Waals surface area contributed by atoms with Crippen molar-refractivity contribution < 1.29 is 18.1 Å². The summed E-state index contributed by atoms with van der Waals surface area (Å²) in [6.07, 6.45) is 11.5. The van der Waals surface area contributed by atoms with E-state index in [-0.39, 0.29) is 0 Å². The van der Waals surface area contributed by atoms with E-state index in [1.54, 1.807) is 0 Å². The van der Waals surface area contributed by atoms with Crippen LogP contribution in [0, 0.1) is 0 Å². The van der Waals surface area contributed by atoms with Gasteiger partial charge in [0.25, 0.3) is 10.1 Å². The minimum Gasteiger partial charge on any atom is -0.393 e. The van der Waals surface area contributed by atoms with Crippen molar-refractivity contribution in [2.45, 2.75) is 109 Å². The number of unbranched alkanes of at least 4 members (excludes halogenated alkanes) is 7. The maximum absolute atomic E-state index is 11.4. The molecule has 0 radical (unpaired) electrons. The van der Waals surface area contributed by atoms with Gasteiger partial charge in [-0.1, -0.05) is 71.6 Å². The zero-order valence-electron chi connectivity index (χ0n) is 14.5. The van der Waals surface area contributed by atoms with Gasteiger partial charge in [0.1, 0.15) is 0 Å². The summed E-state index contributed by atoms with van der Waals surface area (Å²) >= 11 is 0. The number of rotatable bonds is 15. The lowest BCUT2D eigenvalue weighted by molar-refractivity contribution is 0.148. The monoisotopic (exact) mass is 336 g/mol. The van der Waals surface area contributed by atoms with Crippen molar-refractivity contribution in [1.82, 2.24) is 0 Å². The Hall–Kier alpha value is -0.130. The fourth-order valence-electron chi connectivity index (χ4n) is 2.73. The lowest BCUT2D eigenvalue weighted by atomic mass is 10.0. The molecular formula is C17H36O4S. The van der Waals surface area contributed by atoms with E-state index in [0.29, 0.717) is 25.7 Å². The Morgan fingerprint density at radius 2 is 1.27 bits per heavy atom. The standard InChI is InChI=1S/C17H36O4S/c1-3-5-7-8-9-10-11-13-17(22(19,20)21)15-14-16(18)12-6-4-2/h16-18H,3-15H2,1-2H3,(H,19,20,21). The lowest BCUT2D eigenvalue weighted by Crippen LogP contribution is -2.22. The van der Waals surface area contributed by atoms with E-state index in [0.717, 1.165) is 32.1 Å². The molecule has 0 aromatic heterocycles. The molecule has 134 valence electrons. The molecule has 4 nitrogen and oxygen atoms in total.